The zero-order valence-corrected chi connectivity index (χ0v) is 15.9. The lowest BCUT2D eigenvalue weighted by Crippen LogP contribution is -2.19. The van der Waals surface area contributed by atoms with Crippen molar-refractivity contribution in [3.8, 4) is 17.1 Å². The maximum Gasteiger partial charge on any atom is 0.224 e. The zero-order valence-electron chi connectivity index (χ0n) is 13.6. The van der Waals surface area contributed by atoms with Gasteiger partial charge in [0.05, 0.1) is 17.8 Å². The van der Waals surface area contributed by atoms with E-state index in [1.54, 1.807) is 13.3 Å². The normalized spacial score (nSPS) is 17.8. The van der Waals surface area contributed by atoms with Crippen LogP contribution in [0.25, 0.3) is 22.6 Å². The number of benzene rings is 1. The summed E-state index contributed by atoms with van der Waals surface area (Å²) in [6, 6.07) is 5.86. The lowest BCUT2D eigenvalue weighted by Gasteiger charge is -2.25. The number of methoxy groups -OCH3 is 1. The van der Waals surface area contributed by atoms with Crippen LogP contribution in [-0.4, -0.2) is 33.2 Å². The smallest absolute Gasteiger partial charge is 0.224 e. The molecule has 25 heavy (non-hydrogen) atoms. The number of hydrogen-bond donors (Lipinski definition) is 0. The third-order valence-corrected chi connectivity index (χ3v) is 5.06. The van der Waals surface area contributed by atoms with E-state index in [9.17, 15) is 0 Å². The molecular formula is C17H16BrClN4O2. The first-order valence-corrected chi connectivity index (χ1v) is 9.20. The Morgan fingerprint density at radius 2 is 2.20 bits per heavy atom. The molecule has 0 amide bonds. The van der Waals surface area contributed by atoms with Crippen LogP contribution in [0.3, 0.4) is 0 Å². The Balaban J connectivity index is 1.91. The molecule has 3 heterocycles. The predicted octanol–water partition coefficient (Wildman–Crippen LogP) is 4.62. The summed E-state index contributed by atoms with van der Waals surface area (Å²) < 4.78 is 14.2. The standard InChI is InChI=1S/C17H16BrClN4O2/c1-24-13-6-5-10(8-11(13)18)15-21-12-9-20-17(19)22-16(12)23(15)14-4-2-3-7-25-14/h5-6,8-9,14H,2-4,7H2,1H3. The SMILES string of the molecule is COc1ccc(-c2nc3cnc(Cl)nc3n2C2CCCCO2)cc1Br. The quantitative estimate of drug-likeness (QED) is 0.575. The van der Waals surface area contributed by atoms with Crippen LogP contribution in [0, 0.1) is 0 Å². The van der Waals surface area contributed by atoms with Gasteiger partial charge in [0.25, 0.3) is 0 Å². The molecule has 6 nitrogen and oxygen atoms in total. The van der Waals surface area contributed by atoms with Gasteiger partial charge in [0.2, 0.25) is 5.28 Å². The molecule has 1 aliphatic heterocycles. The third kappa shape index (κ3) is 3.12. The van der Waals surface area contributed by atoms with Crippen molar-refractivity contribution in [3.05, 3.63) is 34.2 Å². The maximum atomic E-state index is 6.02. The number of hydrogen-bond acceptors (Lipinski definition) is 5. The highest BCUT2D eigenvalue weighted by Gasteiger charge is 2.24. The Morgan fingerprint density at radius 3 is 2.92 bits per heavy atom. The highest BCUT2D eigenvalue weighted by molar-refractivity contribution is 9.10. The first-order chi connectivity index (χ1) is 12.2. The topological polar surface area (TPSA) is 62.1 Å². The highest BCUT2D eigenvalue weighted by Crippen LogP contribution is 2.35. The summed E-state index contributed by atoms with van der Waals surface area (Å²) in [6.45, 7) is 0.731. The fourth-order valence-corrected chi connectivity index (χ4v) is 3.75. The minimum Gasteiger partial charge on any atom is -0.496 e. The van der Waals surface area contributed by atoms with E-state index in [-0.39, 0.29) is 11.5 Å². The molecule has 1 atom stereocenters. The number of imidazole rings is 1. The van der Waals surface area contributed by atoms with Gasteiger partial charge in [-0.05, 0) is 65.0 Å². The van der Waals surface area contributed by atoms with E-state index < -0.39 is 0 Å². The molecule has 4 rings (SSSR count). The van der Waals surface area contributed by atoms with Crippen molar-refractivity contribution >= 4 is 38.7 Å². The summed E-state index contributed by atoms with van der Waals surface area (Å²) in [7, 11) is 1.64. The van der Waals surface area contributed by atoms with Crippen LogP contribution in [0.2, 0.25) is 5.28 Å². The number of halogens is 2. The van der Waals surface area contributed by atoms with Gasteiger partial charge < -0.3 is 9.47 Å². The second kappa shape index (κ2) is 6.90. The van der Waals surface area contributed by atoms with Crippen LogP contribution in [0.5, 0.6) is 5.75 Å². The van der Waals surface area contributed by atoms with Crippen molar-refractivity contribution in [2.24, 2.45) is 0 Å². The molecule has 0 aliphatic carbocycles. The van der Waals surface area contributed by atoms with Crippen molar-refractivity contribution < 1.29 is 9.47 Å². The Hall–Kier alpha value is -1.70. The van der Waals surface area contributed by atoms with Gasteiger partial charge in [-0.15, -0.1) is 0 Å². The second-order valence-corrected chi connectivity index (χ2v) is 7.02. The number of ether oxygens (including phenoxy) is 2. The van der Waals surface area contributed by atoms with E-state index in [4.69, 9.17) is 26.1 Å². The van der Waals surface area contributed by atoms with E-state index in [1.807, 2.05) is 22.8 Å². The summed E-state index contributed by atoms with van der Waals surface area (Å²) >= 11 is 9.56. The summed E-state index contributed by atoms with van der Waals surface area (Å²) in [5.41, 5.74) is 2.32. The molecule has 0 N–H and O–H groups in total. The molecule has 1 aliphatic rings. The van der Waals surface area contributed by atoms with Crippen molar-refractivity contribution in [1.82, 2.24) is 19.5 Å². The fraction of sp³-hybridized carbons (Fsp3) is 0.353. The molecule has 130 valence electrons. The van der Waals surface area contributed by atoms with Gasteiger partial charge in [-0.1, -0.05) is 0 Å². The first-order valence-electron chi connectivity index (χ1n) is 8.03. The van der Waals surface area contributed by atoms with Crippen molar-refractivity contribution in [2.75, 3.05) is 13.7 Å². The molecule has 0 bridgehead atoms. The van der Waals surface area contributed by atoms with E-state index in [1.165, 1.54) is 0 Å². The predicted molar refractivity (Wildman–Crippen MR) is 98.9 cm³/mol. The van der Waals surface area contributed by atoms with Crippen LogP contribution in [0.1, 0.15) is 25.5 Å². The fourth-order valence-electron chi connectivity index (χ4n) is 3.08. The third-order valence-electron chi connectivity index (χ3n) is 4.26. The lowest BCUT2D eigenvalue weighted by atomic mass is 10.1. The number of nitrogens with zero attached hydrogens (tertiary/aromatic N) is 4. The molecule has 0 spiro atoms. The van der Waals surface area contributed by atoms with E-state index in [0.717, 1.165) is 47.5 Å². The van der Waals surface area contributed by atoms with Crippen LogP contribution >= 0.6 is 27.5 Å². The monoisotopic (exact) mass is 422 g/mol. The molecule has 1 saturated heterocycles. The summed E-state index contributed by atoms with van der Waals surface area (Å²) in [4.78, 5) is 13.2. The van der Waals surface area contributed by atoms with Crippen LogP contribution < -0.4 is 4.74 Å². The second-order valence-electron chi connectivity index (χ2n) is 5.82. The Morgan fingerprint density at radius 1 is 1.32 bits per heavy atom. The van der Waals surface area contributed by atoms with Gasteiger partial charge in [0.15, 0.2) is 5.65 Å². The molecule has 1 aromatic carbocycles. The van der Waals surface area contributed by atoms with Gasteiger partial charge in [0.1, 0.15) is 23.3 Å². The maximum absolute atomic E-state index is 6.02. The molecular weight excluding hydrogens is 408 g/mol. The Bertz CT molecular complexity index is 924. The minimum absolute atomic E-state index is 0.111. The molecule has 3 aromatic rings. The van der Waals surface area contributed by atoms with Gasteiger partial charge in [-0.2, -0.15) is 4.98 Å². The van der Waals surface area contributed by atoms with Gasteiger partial charge >= 0.3 is 0 Å². The van der Waals surface area contributed by atoms with Crippen molar-refractivity contribution in [2.45, 2.75) is 25.5 Å². The minimum atomic E-state index is -0.111. The molecule has 0 radical (unpaired) electrons. The molecule has 2 aromatic heterocycles. The molecule has 8 heteroatoms. The molecule has 1 fully saturated rings. The van der Waals surface area contributed by atoms with Crippen molar-refractivity contribution in [3.63, 3.8) is 0 Å². The first kappa shape index (κ1) is 16.8. The summed E-state index contributed by atoms with van der Waals surface area (Å²) in [5.74, 6) is 1.55. The lowest BCUT2D eigenvalue weighted by molar-refractivity contribution is -0.0287. The average molecular weight is 424 g/mol. The number of rotatable bonds is 3. The Labute approximate surface area is 158 Å². The summed E-state index contributed by atoms with van der Waals surface area (Å²) in [6.07, 6.45) is 4.63. The largest absolute Gasteiger partial charge is 0.496 e. The van der Waals surface area contributed by atoms with Crippen LogP contribution in [-0.2, 0) is 4.74 Å². The van der Waals surface area contributed by atoms with Crippen molar-refractivity contribution in [1.29, 1.82) is 0 Å². The van der Waals surface area contributed by atoms with Gasteiger partial charge in [0, 0.05) is 12.2 Å². The van der Waals surface area contributed by atoms with E-state index >= 15 is 0 Å². The molecule has 0 saturated carbocycles. The average Bonchev–Trinajstić information content (AvgIpc) is 3.01. The number of aromatic nitrogens is 4. The highest BCUT2D eigenvalue weighted by atomic mass is 79.9. The van der Waals surface area contributed by atoms with Crippen LogP contribution in [0.15, 0.2) is 28.9 Å². The number of fused-ring (bicyclic) bond motifs is 1. The zero-order chi connectivity index (χ0) is 17.4. The van der Waals surface area contributed by atoms with Crippen LogP contribution in [0.4, 0.5) is 0 Å². The summed E-state index contributed by atoms with van der Waals surface area (Å²) in [5, 5.41) is 0.201. The Kier molecular flexibility index (Phi) is 4.62. The van der Waals surface area contributed by atoms with E-state index in [0.29, 0.717) is 11.2 Å². The van der Waals surface area contributed by atoms with Gasteiger partial charge in [-0.3, -0.25) is 4.57 Å². The molecule has 1 unspecified atom stereocenters. The van der Waals surface area contributed by atoms with E-state index in [2.05, 4.69) is 25.9 Å². The van der Waals surface area contributed by atoms with Gasteiger partial charge in [-0.25, -0.2) is 9.97 Å².